The molecule has 18 heteroatoms. The van der Waals surface area contributed by atoms with E-state index in [2.05, 4.69) is 10.3 Å². The SMILES string of the molecule is CC[C@H]1OC(=O)[C@H](C)C(=O)[C@H](C)[C@@H](O[C@@H]2C[C@H](C)C[C@H](N(C)CCc3cn([C@H](CF)[C@H](O)c4ccc(S(C)(=O)=O)cc4)nn3)[C@H]2O)[C@](C)(OC)C[C@@H](C)C(=O)[C@H](C)[C@@H](O)[C@]1(C)O. The van der Waals surface area contributed by atoms with Gasteiger partial charge in [-0.1, -0.05) is 52.0 Å². The summed E-state index contributed by atoms with van der Waals surface area (Å²) in [6.07, 6.45) is -2.86. The van der Waals surface area contributed by atoms with E-state index in [1.807, 2.05) is 18.9 Å². The maximum atomic E-state index is 14.3. The number of sulfone groups is 1. The Morgan fingerprint density at radius 1 is 1.03 bits per heavy atom. The number of aromatic nitrogens is 3. The minimum absolute atomic E-state index is 0.0536. The van der Waals surface area contributed by atoms with Gasteiger partial charge in [-0.05, 0) is 77.1 Å². The topological polar surface area (TPSA) is 228 Å². The number of hydrogen-bond donors (Lipinski definition) is 4. The van der Waals surface area contributed by atoms with Gasteiger partial charge in [0.2, 0.25) is 0 Å². The van der Waals surface area contributed by atoms with Gasteiger partial charge in [0, 0.05) is 56.3 Å². The molecule has 2 aromatic rings. The average molecular weight is 897 g/mol. The highest BCUT2D eigenvalue weighted by Gasteiger charge is 2.51. The Morgan fingerprint density at radius 2 is 1.66 bits per heavy atom. The molecule has 15 atom stereocenters. The number of Topliss-reactive ketones (excluding diaryl/α,β-unsaturated/α-hetero) is 2. The van der Waals surface area contributed by atoms with Crippen molar-refractivity contribution < 1.29 is 61.8 Å². The minimum atomic E-state index is -3.46. The summed E-state index contributed by atoms with van der Waals surface area (Å²) in [7, 11) is -0.157. The first-order valence-corrected chi connectivity index (χ1v) is 23.4. The molecule has 350 valence electrons. The van der Waals surface area contributed by atoms with Crippen LogP contribution in [0.4, 0.5) is 4.39 Å². The van der Waals surface area contributed by atoms with E-state index in [0.717, 1.165) is 6.26 Å². The molecule has 4 N–H and O–H groups in total. The van der Waals surface area contributed by atoms with Crippen LogP contribution in [0.25, 0.3) is 0 Å². The fourth-order valence-electron chi connectivity index (χ4n) is 9.31. The molecule has 1 aliphatic carbocycles. The van der Waals surface area contributed by atoms with Crippen LogP contribution < -0.4 is 0 Å². The highest BCUT2D eigenvalue weighted by atomic mass is 32.2. The van der Waals surface area contributed by atoms with Gasteiger partial charge in [-0.3, -0.25) is 14.4 Å². The van der Waals surface area contributed by atoms with E-state index in [1.165, 1.54) is 56.8 Å². The summed E-state index contributed by atoms with van der Waals surface area (Å²) >= 11 is 0. The number of alkyl halides is 1. The number of rotatable bonds is 13. The van der Waals surface area contributed by atoms with Gasteiger partial charge < -0.3 is 39.5 Å². The molecule has 0 bridgehead atoms. The van der Waals surface area contributed by atoms with Gasteiger partial charge in [0.05, 0.1) is 40.6 Å². The van der Waals surface area contributed by atoms with Crippen molar-refractivity contribution in [1.29, 1.82) is 0 Å². The number of esters is 1. The number of likely N-dealkylation sites (N-methyl/N-ethyl adjacent to an activating group) is 1. The Labute approximate surface area is 365 Å². The van der Waals surface area contributed by atoms with E-state index in [4.69, 9.17) is 14.2 Å². The monoisotopic (exact) mass is 896 g/mol. The van der Waals surface area contributed by atoms with E-state index in [0.29, 0.717) is 37.1 Å². The largest absolute Gasteiger partial charge is 0.459 e. The van der Waals surface area contributed by atoms with E-state index in [-0.39, 0.29) is 29.4 Å². The molecular formula is C44H69FN4O12S. The van der Waals surface area contributed by atoms with Crippen LogP contribution in [0, 0.1) is 29.6 Å². The Morgan fingerprint density at radius 3 is 2.23 bits per heavy atom. The fraction of sp³-hybridized carbons (Fsp3) is 0.750. The quantitative estimate of drug-likeness (QED) is 0.167. The number of carbonyl (C=O) groups excluding carboxylic acids is 3. The molecule has 2 heterocycles. The van der Waals surface area contributed by atoms with Crippen LogP contribution in [0.2, 0.25) is 0 Å². The number of aliphatic hydroxyl groups excluding tert-OH is 3. The molecule has 2 fully saturated rings. The Balaban J connectivity index is 1.55. The van der Waals surface area contributed by atoms with E-state index < -0.39 is 112 Å². The molecule has 16 nitrogen and oxygen atoms in total. The summed E-state index contributed by atoms with van der Waals surface area (Å²) in [4.78, 5) is 43.6. The minimum Gasteiger partial charge on any atom is -0.459 e. The molecule has 1 aliphatic heterocycles. The van der Waals surface area contributed by atoms with Crippen molar-refractivity contribution in [2.24, 2.45) is 29.6 Å². The van der Waals surface area contributed by atoms with Crippen LogP contribution in [-0.4, -0.2) is 148 Å². The van der Waals surface area contributed by atoms with Crippen LogP contribution in [-0.2, 0) is 44.9 Å². The zero-order valence-corrected chi connectivity index (χ0v) is 38.8. The van der Waals surface area contributed by atoms with Crippen molar-refractivity contribution in [3.63, 3.8) is 0 Å². The highest BCUT2D eigenvalue weighted by Crippen LogP contribution is 2.39. The van der Waals surface area contributed by atoms with Crippen LogP contribution in [0.15, 0.2) is 35.4 Å². The van der Waals surface area contributed by atoms with Crippen LogP contribution in [0.3, 0.4) is 0 Å². The molecule has 4 rings (SSSR count). The number of methoxy groups -OCH3 is 1. The van der Waals surface area contributed by atoms with Crippen molar-refractivity contribution in [2.75, 3.05) is 33.6 Å². The van der Waals surface area contributed by atoms with Crippen LogP contribution >= 0.6 is 0 Å². The lowest BCUT2D eigenvalue weighted by Gasteiger charge is -2.47. The first kappa shape index (κ1) is 51.4. The zero-order valence-electron chi connectivity index (χ0n) is 38.0. The van der Waals surface area contributed by atoms with Gasteiger partial charge in [-0.25, -0.2) is 17.5 Å². The average Bonchev–Trinajstić information content (AvgIpc) is 3.70. The van der Waals surface area contributed by atoms with E-state index >= 15 is 0 Å². The number of aliphatic hydroxyl groups is 4. The number of nitrogens with zero attached hydrogens (tertiary/aromatic N) is 4. The maximum Gasteiger partial charge on any atom is 0.316 e. The second-order valence-corrected chi connectivity index (χ2v) is 20.4. The smallest absolute Gasteiger partial charge is 0.316 e. The molecule has 62 heavy (non-hydrogen) atoms. The second-order valence-electron chi connectivity index (χ2n) is 18.4. The number of benzene rings is 1. The van der Waals surface area contributed by atoms with Crippen molar-refractivity contribution in [1.82, 2.24) is 19.9 Å². The first-order valence-electron chi connectivity index (χ1n) is 21.5. The lowest BCUT2D eigenvalue weighted by atomic mass is 9.74. The number of cyclic esters (lactones) is 1. The lowest BCUT2D eigenvalue weighted by Crippen LogP contribution is -2.59. The number of hydrogen-bond acceptors (Lipinski definition) is 15. The summed E-state index contributed by atoms with van der Waals surface area (Å²) in [5.41, 5.74) is -2.48. The van der Waals surface area contributed by atoms with E-state index in [9.17, 15) is 47.6 Å². The third kappa shape index (κ3) is 11.3. The summed E-state index contributed by atoms with van der Waals surface area (Å²) in [6.45, 7) is 12.4. The number of ketones is 2. The predicted molar refractivity (Wildman–Crippen MR) is 226 cm³/mol. The van der Waals surface area contributed by atoms with Gasteiger partial charge in [-0.2, -0.15) is 0 Å². The van der Waals surface area contributed by atoms with Gasteiger partial charge in [0.25, 0.3) is 0 Å². The summed E-state index contributed by atoms with van der Waals surface area (Å²) in [6, 6.07) is 4.03. The molecule has 0 amide bonds. The van der Waals surface area contributed by atoms with Crippen molar-refractivity contribution in [3.05, 3.63) is 41.7 Å². The number of ether oxygens (including phenoxy) is 3. The molecule has 1 saturated heterocycles. The molecule has 1 saturated carbocycles. The molecule has 0 spiro atoms. The Kier molecular flexibility index (Phi) is 17.2. The first-order chi connectivity index (χ1) is 28.8. The summed E-state index contributed by atoms with van der Waals surface area (Å²) < 4.78 is 57.9. The predicted octanol–water partition coefficient (Wildman–Crippen LogP) is 3.24. The van der Waals surface area contributed by atoms with Crippen molar-refractivity contribution in [3.8, 4) is 0 Å². The Hall–Kier alpha value is -3.23. The highest BCUT2D eigenvalue weighted by molar-refractivity contribution is 7.90. The summed E-state index contributed by atoms with van der Waals surface area (Å²) in [5, 5.41) is 54.0. The van der Waals surface area contributed by atoms with Crippen molar-refractivity contribution in [2.45, 2.75) is 152 Å². The van der Waals surface area contributed by atoms with Gasteiger partial charge in [-0.15, -0.1) is 5.10 Å². The molecule has 1 aromatic heterocycles. The van der Waals surface area contributed by atoms with Gasteiger partial charge in [0.1, 0.15) is 42.2 Å². The number of carbonyl (C=O) groups is 3. The second kappa shape index (κ2) is 20.7. The zero-order chi connectivity index (χ0) is 46.6. The Bertz CT molecular complexity index is 1950. The van der Waals surface area contributed by atoms with Crippen molar-refractivity contribution >= 4 is 27.4 Å². The van der Waals surface area contributed by atoms with E-state index in [1.54, 1.807) is 33.9 Å². The maximum absolute atomic E-state index is 14.3. The van der Waals surface area contributed by atoms with Crippen LogP contribution in [0.1, 0.15) is 104 Å². The molecule has 2 aliphatic rings. The molecular weight excluding hydrogens is 828 g/mol. The summed E-state index contributed by atoms with van der Waals surface area (Å²) in [5.74, 6) is -5.79. The molecule has 0 radical (unpaired) electrons. The number of halogens is 1. The van der Waals surface area contributed by atoms with Crippen LogP contribution in [0.5, 0.6) is 0 Å². The molecule has 1 aromatic carbocycles. The third-order valence-corrected chi connectivity index (χ3v) is 14.6. The molecule has 0 unspecified atom stereocenters. The van der Waals surface area contributed by atoms with Gasteiger partial charge >= 0.3 is 5.97 Å². The normalized spacial score (nSPS) is 35.6. The van der Waals surface area contributed by atoms with Gasteiger partial charge in [0.15, 0.2) is 15.6 Å². The third-order valence-electron chi connectivity index (χ3n) is 13.5. The standard InChI is InChI=1S/C44H69FN4O12S/c1-12-35-44(8,56)40(54)26(4)36(50)25(3)21-43(7,59-10)41(27(5)37(51)28(6)42(55)61-35)60-34-20-24(2)19-32(39(34)53)48(9)18-17-30-23-49(47-46-30)33(22-45)38(52)29-13-15-31(16-14-29)62(11,57)58/h13-16,23-28,32-35,38-41,52-54,56H,12,17-22H2,1-11H3/t24-,25-,26+,27+,28-,32+,33-,34-,35-,38-,39-,40-,41-,43-,44-/m1/s1. The fourth-order valence-corrected chi connectivity index (χ4v) is 9.94. The lowest BCUT2D eigenvalue weighted by molar-refractivity contribution is -0.208.